The monoisotopic (exact) mass is 486 g/mol. The predicted molar refractivity (Wildman–Crippen MR) is 126 cm³/mol. The molecule has 9 heteroatoms. The van der Waals surface area contributed by atoms with Crippen LogP contribution in [0.3, 0.4) is 0 Å². The van der Waals surface area contributed by atoms with Gasteiger partial charge in [0.15, 0.2) is 6.10 Å². The maximum atomic E-state index is 13.4. The average molecular weight is 487 g/mol. The van der Waals surface area contributed by atoms with Gasteiger partial charge in [-0.3, -0.25) is 9.10 Å². The molecule has 33 heavy (non-hydrogen) atoms. The summed E-state index contributed by atoms with van der Waals surface area (Å²) in [5.74, 6) is 0.459. The fraction of sp³-hybridized carbons (Fsp3) is 0.208. The van der Waals surface area contributed by atoms with E-state index in [0.29, 0.717) is 10.8 Å². The second-order valence-corrected chi connectivity index (χ2v) is 9.84. The van der Waals surface area contributed by atoms with Gasteiger partial charge >= 0.3 is 0 Å². The number of ether oxygens (including phenoxy) is 2. The number of nitrogens with zero attached hydrogens (tertiary/aromatic N) is 1. The highest BCUT2D eigenvalue weighted by Crippen LogP contribution is 2.39. The number of benzene rings is 3. The number of anilines is 1. The van der Waals surface area contributed by atoms with Gasteiger partial charge in [-0.2, -0.15) is 0 Å². The maximum absolute atomic E-state index is 13.4. The van der Waals surface area contributed by atoms with Crippen LogP contribution in [0.1, 0.15) is 18.5 Å². The van der Waals surface area contributed by atoms with Gasteiger partial charge in [0.25, 0.3) is 15.9 Å². The first kappa shape index (κ1) is 22.9. The Balaban J connectivity index is 1.64. The number of hydrogen-bond donors (Lipinski definition) is 1. The number of carbonyl (C=O) groups is 1. The number of amides is 1. The second kappa shape index (κ2) is 9.33. The molecule has 2 atom stereocenters. The van der Waals surface area contributed by atoms with Gasteiger partial charge in [-0.05, 0) is 43.3 Å². The van der Waals surface area contributed by atoms with Crippen LogP contribution in [0, 0.1) is 0 Å². The van der Waals surface area contributed by atoms with Crippen LogP contribution in [-0.2, 0) is 14.8 Å². The molecule has 0 saturated heterocycles. The van der Waals surface area contributed by atoms with Gasteiger partial charge in [-0.25, -0.2) is 8.42 Å². The summed E-state index contributed by atoms with van der Waals surface area (Å²) in [4.78, 5) is 13.3. The number of nitrogens with one attached hydrogen (secondary N) is 1. The topological polar surface area (TPSA) is 84.9 Å². The molecule has 1 aliphatic rings. The van der Waals surface area contributed by atoms with Crippen molar-refractivity contribution in [1.82, 2.24) is 5.32 Å². The van der Waals surface area contributed by atoms with E-state index < -0.39 is 22.0 Å². The Kier molecular flexibility index (Phi) is 6.49. The SMILES string of the molecule is COc1ccccc1[C@@H](C)NC(=O)[C@H]1CN(S(=O)(=O)c2ccccc2)c2cc(Cl)ccc2O1. The molecule has 172 valence electrons. The van der Waals surface area contributed by atoms with E-state index in [-0.39, 0.29) is 28.9 Å². The lowest BCUT2D eigenvalue weighted by Gasteiger charge is -2.35. The van der Waals surface area contributed by atoms with Gasteiger partial charge in [0.2, 0.25) is 0 Å². The van der Waals surface area contributed by atoms with Crippen LogP contribution in [0.5, 0.6) is 11.5 Å². The van der Waals surface area contributed by atoms with Crippen molar-refractivity contribution in [3.8, 4) is 11.5 Å². The Morgan fingerprint density at radius 3 is 2.55 bits per heavy atom. The van der Waals surface area contributed by atoms with E-state index in [2.05, 4.69) is 5.32 Å². The molecule has 1 N–H and O–H groups in total. The molecule has 1 aliphatic heterocycles. The first-order valence-electron chi connectivity index (χ1n) is 10.3. The van der Waals surface area contributed by atoms with Crippen molar-refractivity contribution in [2.24, 2.45) is 0 Å². The molecule has 1 amide bonds. The van der Waals surface area contributed by atoms with Crippen molar-refractivity contribution in [2.45, 2.75) is 24.0 Å². The van der Waals surface area contributed by atoms with Crippen LogP contribution in [0.15, 0.2) is 77.7 Å². The van der Waals surface area contributed by atoms with Crippen molar-refractivity contribution in [3.63, 3.8) is 0 Å². The zero-order valence-electron chi connectivity index (χ0n) is 18.1. The molecule has 4 rings (SSSR count). The smallest absolute Gasteiger partial charge is 0.264 e. The maximum Gasteiger partial charge on any atom is 0.264 e. The minimum atomic E-state index is -3.96. The summed E-state index contributed by atoms with van der Waals surface area (Å²) in [6.07, 6.45) is -1.06. The summed E-state index contributed by atoms with van der Waals surface area (Å²) in [6.45, 7) is 1.62. The molecule has 0 spiro atoms. The summed E-state index contributed by atoms with van der Waals surface area (Å²) in [7, 11) is -2.39. The van der Waals surface area contributed by atoms with Gasteiger partial charge in [0.05, 0.1) is 30.3 Å². The van der Waals surface area contributed by atoms with Gasteiger partial charge in [-0.15, -0.1) is 0 Å². The number of fused-ring (bicyclic) bond motifs is 1. The molecule has 0 unspecified atom stereocenters. The summed E-state index contributed by atoms with van der Waals surface area (Å²) < 4.78 is 39.3. The lowest BCUT2D eigenvalue weighted by atomic mass is 10.1. The standard InChI is InChI=1S/C24H23ClN2O5S/c1-16(19-10-6-7-11-21(19)31-2)26-24(28)23-15-27(20-14-17(25)12-13-22(20)32-23)33(29,30)18-8-4-3-5-9-18/h3-14,16,23H,15H2,1-2H3,(H,26,28)/t16-,23-/m1/s1. The molecule has 0 radical (unpaired) electrons. The number of methoxy groups -OCH3 is 1. The van der Waals surface area contributed by atoms with Crippen LogP contribution in [0.4, 0.5) is 5.69 Å². The highest BCUT2D eigenvalue weighted by Gasteiger charge is 2.38. The first-order valence-corrected chi connectivity index (χ1v) is 12.1. The molecule has 7 nitrogen and oxygen atoms in total. The molecule has 3 aromatic carbocycles. The highest BCUT2D eigenvalue weighted by molar-refractivity contribution is 7.92. The van der Waals surface area contributed by atoms with Crippen LogP contribution in [0.2, 0.25) is 5.02 Å². The molecule has 0 fully saturated rings. The first-order chi connectivity index (χ1) is 15.8. The van der Waals surface area contributed by atoms with Gasteiger partial charge in [0, 0.05) is 10.6 Å². The molecule has 0 aromatic heterocycles. The van der Waals surface area contributed by atoms with E-state index in [4.69, 9.17) is 21.1 Å². The van der Waals surface area contributed by atoms with Crippen molar-refractivity contribution < 1.29 is 22.7 Å². The summed E-state index contributed by atoms with van der Waals surface area (Å²) in [5, 5.41) is 3.26. The molecule has 0 bridgehead atoms. The minimum Gasteiger partial charge on any atom is -0.496 e. The molecule has 3 aromatic rings. The molecular formula is C24H23ClN2O5S. The third kappa shape index (κ3) is 4.62. The lowest BCUT2D eigenvalue weighted by molar-refractivity contribution is -0.128. The molecule has 0 saturated carbocycles. The normalized spacial score (nSPS) is 16.3. The van der Waals surface area contributed by atoms with Crippen LogP contribution in [0.25, 0.3) is 0 Å². The van der Waals surface area contributed by atoms with Crippen molar-refractivity contribution in [3.05, 3.63) is 83.4 Å². The summed E-state index contributed by atoms with van der Waals surface area (Å²) in [6, 6.07) is 19.7. The van der Waals surface area contributed by atoms with Crippen LogP contribution < -0.4 is 19.1 Å². The molecule has 1 heterocycles. The van der Waals surface area contributed by atoms with Crippen molar-refractivity contribution in [2.75, 3.05) is 18.0 Å². The third-order valence-corrected chi connectivity index (χ3v) is 7.41. The Hall–Kier alpha value is -3.23. The average Bonchev–Trinajstić information content (AvgIpc) is 2.83. The predicted octanol–water partition coefficient (Wildman–Crippen LogP) is 4.18. The lowest BCUT2D eigenvalue weighted by Crippen LogP contribution is -2.51. The Morgan fingerprint density at radius 2 is 1.82 bits per heavy atom. The second-order valence-electron chi connectivity index (χ2n) is 7.54. The van der Waals surface area contributed by atoms with Crippen LogP contribution in [-0.4, -0.2) is 34.1 Å². The third-order valence-electron chi connectivity index (χ3n) is 5.38. The van der Waals surface area contributed by atoms with E-state index in [1.165, 1.54) is 22.5 Å². The quantitative estimate of drug-likeness (QED) is 0.565. The van der Waals surface area contributed by atoms with E-state index in [1.54, 1.807) is 37.4 Å². The fourth-order valence-corrected chi connectivity index (χ4v) is 5.37. The van der Waals surface area contributed by atoms with E-state index in [0.717, 1.165) is 5.56 Å². The molecular weight excluding hydrogens is 464 g/mol. The van der Waals surface area contributed by atoms with Crippen molar-refractivity contribution in [1.29, 1.82) is 0 Å². The van der Waals surface area contributed by atoms with E-state index in [9.17, 15) is 13.2 Å². The Morgan fingerprint density at radius 1 is 1.12 bits per heavy atom. The van der Waals surface area contributed by atoms with E-state index in [1.807, 2.05) is 31.2 Å². The van der Waals surface area contributed by atoms with Crippen molar-refractivity contribution >= 4 is 33.2 Å². The molecule has 0 aliphatic carbocycles. The van der Waals surface area contributed by atoms with Gasteiger partial charge in [0.1, 0.15) is 11.5 Å². The van der Waals surface area contributed by atoms with Crippen LogP contribution >= 0.6 is 11.6 Å². The number of carbonyl (C=O) groups excluding carboxylic acids is 1. The largest absolute Gasteiger partial charge is 0.496 e. The van der Waals surface area contributed by atoms with Gasteiger partial charge in [-0.1, -0.05) is 48.0 Å². The highest BCUT2D eigenvalue weighted by atomic mass is 35.5. The Bertz CT molecular complexity index is 1270. The zero-order chi connectivity index (χ0) is 23.6. The fourth-order valence-electron chi connectivity index (χ4n) is 3.72. The number of rotatable bonds is 6. The van der Waals surface area contributed by atoms with Gasteiger partial charge < -0.3 is 14.8 Å². The Labute approximate surface area is 197 Å². The number of halogens is 1. The number of para-hydroxylation sites is 1. The summed E-state index contributed by atoms with van der Waals surface area (Å²) >= 11 is 6.13. The number of hydrogen-bond acceptors (Lipinski definition) is 5. The minimum absolute atomic E-state index is 0.111. The van der Waals surface area contributed by atoms with E-state index >= 15 is 0 Å². The zero-order valence-corrected chi connectivity index (χ0v) is 19.6. The number of sulfonamides is 1. The summed E-state index contributed by atoms with van der Waals surface area (Å²) in [5.41, 5.74) is 1.08.